The van der Waals surface area contributed by atoms with Gasteiger partial charge in [-0.3, -0.25) is 0 Å². The predicted molar refractivity (Wildman–Crippen MR) is 123 cm³/mol. The average molecular weight is 543 g/mol. The molecule has 0 N–H and O–H groups in total. The van der Waals surface area contributed by atoms with Crippen LogP contribution in [0.4, 0.5) is 26.3 Å². The number of hydrogen-bond donors (Lipinski definition) is 0. The number of aryl methyl sites for hydroxylation is 2. The summed E-state index contributed by atoms with van der Waals surface area (Å²) in [7, 11) is -2.03. The van der Waals surface area contributed by atoms with E-state index in [0.717, 1.165) is 11.1 Å². The smallest absolute Gasteiger partial charge is 0.346 e. The Balaban J connectivity index is 0.000000196. The Morgan fingerprint density at radius 2 is 1.23 bits per heavy atom. The van der Waals surface area contributed by atoms with Crippen molar-refractivity contribution in [1.29, 1.82) is 0 Å². The highest BCUT2D eigenvalue weighted by Crippen LogP contribution is 2.44. The average Bonchev–Trinajstić information content (AvgIpc) is 3.48. The molecule has 0 bridgehead atoms. The zero-order valence-electron chi connectivity index (χ0n) is 18.9. The molecule has 0 aromatic heterocycles. The summed E-state index contributed by atoms with van der Waals surface area (Å²) < 4.78 is 95.9. The molecule has 4 rings (SSSR count). The first kappa shape index (κ1) is 28.0. The van der Waals surface area contributed by atoms with Crippen LogP contribution in [0.15, 0.2) is 46.2 Å². The van der Waals surface area contributed by atoms with Crippen molar-refractivity contribution in [1.82, 2.24) is 0 Å². The molecule has 12 heteroatoms. The molecule has 2 aromatic carbocycles. The molecular weight excluding hydrogens is 518 g/mol. The van der Waals surface area contributed by atoms with Gasteiger partial charge in [0.1, 0.15) is 0 Å². The lowest BCUT2D eigenvalue weighted by Gasteiger charge is -2.16. The highest BCUT2D eigenvalue weighted by molar-refractivity contribution is 8.14. The number of ether oxygens (including phenoxy) is 4. The molecule has 4 nitrogen and oxygen atoms in total. The van der Waals surface area contributed by atoms with Gasteiger partial charge in [0.25, 0.3) is 0 Å². The van der Waals surface area contributed by atoms with E-state index >= 15 is 0 Å². The van der Waals surface area contributed by atoms with E-state index < -0.39 is 34.1 Å². The zero-order valence-corrected chi connectivity index (χ0v) is 20.5. The van der Waals surface area contributed by atoms with Crippen LogP contribution in [0.5, 0.6) is 0 Å². The Morgan fingerprint density at radius 1 is 0.771 bits per heavy atom. The molecule has 0 spiro atoms. The lowest BCUT2D eigenvalue weighted by molar-refractivity contribution is -0.0450. The van der Waals surface area contributed by atoms with Gasteiger partial charge in [0, 0.05) is 20.9 Å². The van der Waals surface area contributed by atoms with Gasteiger partial charge in [-0.1, -0.05) is 28.5 Å². The van der Waals surface area contributed by atoms with Gasteiger partial charge in [0.2, 0.25) is 0 Å². The van der Waals surface area contributed by atoms with E-state index in [0.29, 0.717) is 37.6 Å². The number of alkyl halides is 6. The van der Waals surface area contributed by atoms with E-state index in [1.54, 1.807) is 12.1 Å². The third kappa shape index (κ3) is 7.96. The van der Waals surface area contributed by atoms with Crippen molar-refractivity contribution < 1.29 is 45.3 Å². The lowest BCUT2D eigenvalue weighted by atomic mass is 10.1. The van der Waals surface area contributed by atoms with Crippen LogP contribution < -0.4 is 0 Å². The molecule has 194 valence electrons. The molecule has 2 aliphatic rings. The summed E-state index contributed by atoms with van der Waals surface area (Å²) >= 11 is -0.129. The largest absolute Gasteiger partial charge is 0.446 e. The van der Waals surface area contributed by atoms with Crippen molar-refractivity contribution in [3.05, 3.63) is 58.7 Å². The molecular formula is C23H24F6O4S2. The van der Waals surface area contributed by atoms with Crippen molar-refractivity contribution in [2.45, 2.75) is 47.2 Å². The van der Waals surface area contributed by atoms with Crippen LogP contribution in [0.3, 0.4) is 0 Å². The Bertz CT molecular complexity index is 1030. The van der Waals surface area contributed by atoms with Crippen LogP contribution in [0.25, 0.3) is 0 Å². The van der Waals surface area contributed by atoms with Gasteiger partial charge in [0.05, 0.1) is 26.4 Å². The minimum Gasteiger partial charge on any atom is -0.346 e. The molecule has 2 aromatic rings. The number of benzene rings is 2. The Labute approximate surface area is 205 Å². The standard InChI is InChI=1S/C12H13F3O2S.C11H11F3O2S/c1-8-3-4-9(18(2)12(13,14)15)7-10(8)11-16-5-6-17-11;1-7-2-3-8(17-11(12,13)14)6-9(7)10-15-4-5-16-10/h3-4,7,11H,2,5-6H2,1H3;2-3,6,10H,4-5H2,1H3. The molecule has 0 radical (unpaired) electrons. The molecule has 0 amide bonds. The van der Waals surface area contributed by atoms with Crippen LogP contribution in [0.1, 0.15) is 34.8 Å². The highest BCUT2D eigenvalue weighted by atomic mass is 32.2. The van der Waals surface area contributed by atoms with E-state index in [2.05, 4.69) is 5.87 Å². The van der Waals surface area contributed by atoms with Gasteiger partial charge in [0.15, 0.2) is 12.6 Å². The normalized spacial score (nSPS) is 18.4. The summed E-state index contributed by atoms with van der Waals surface area (Å²) in [4.78, 5) is 0.305. The topological polar surface area (TPSA) is 36.9 Å². The van der Waals surface area contributed by atoms with Crippen LogP contribution in [0.2, 0.25) is 0 Å². The van der Waals surface area contributed by atoms with E-state index in [1.807, 2.05) is 13.8 Å². The maximum absolute atomic E-state index is 12.6. The van der Waals surface area contributed by atoms with Crippen LogP contribution in [0, 0.1) is 13.8 Å². The Morgan fingerprint density at radius 3 is 1.69 bits per heavy atom. The SMILES string of the molecule is C=S(c1ccc(C)c(C2OCCO2)c1)C(F)(F)F.Cc1ccc(SC(F)(F)F)cc1C1OCCO1. The van der Waals surface area contributed by atoms with Gasteiger partial charge < -0.3 is 18.9 Å². The minimum atomic E-state index is -4.32. The molecule has 1 atom stereocenters. The number of thioether (sulfide) groups is 1. The number of halogens is 6. The summed E-state index contributed by atoms with van der Waals surface area (Å²) in [6.45, 7) is 5.51. The van der Waals surface area contributed by atoms with Crippen LogP contribution in [-0.4, -0.2) is 43.3 Å². The third-order valence-electron chi connectivity index (χ3n) is 5.05. The number of hydrogen-bond acceptors (Lipinski definition) is 5. The first-order valence-corrected chi connectivity index (χ1v) is 12.6. The second kappa shape index (κ2) is 11.7. The van der Waals surface area contributed by atoms with Gasteiger partial charge in [-0.15, -0.1) is 0 Å². The monoisotopic (exact) mass is 542 g/mol. The molecule has 2 saturated heterocycles. The third-order valence-corrected chi connectivity index (χ3v) is 7.15. The highest BCUT2D eigenvalue weighted by Gasteiger charge is 2.33. The van der Waals surface area contributed by atoms with Gasteiger partial charge in [-0.25, -0.2) is 0 Å². The summed E-state index contributed by atoms with van der Waals surface area (Å²) in [5.41, 5.74) is -5.56. The maximum atomic E-state index is 12.6. The molecule has 2 fully saturated rings. The van der Waals surface area contributed by atoms with Gasteiger partial charge in [-0.05, 0) is 61.0 Å². The van der Waals surface area contributed by atoms with Crippen molar-refractivity contribution in [3.63, 3.8) is 0 Å². The fourth-order valence-electron chi connectivity index (χ4n) is 3.30. The van der Waals surface area contributed by atoms with Gasteiger partial charge >= 0.3 is 11.0 Å². The first-order chi connectivity index (χ1) is 16.3. The molecule has 2 aliphatic heterocycles. The Hall–Kier alpha value is -1.57. The van der Waals surface area contributed by atoms with E-state index in [-0.39, 0.29) is 21.6 Å². The molecule has 0 saturated carbocycles. The second-order valence-electron chi connectivity index (χ2n) is 7.57. The number of rotatable bonds is 4. The van der Waals surface area contributed by atoms with Crippen LogP contribution in [-0.2, 0) is 18.9 Å². The Kier molecular flexibility index (Phi) is 9.33. The van der Waals surface area contributed by atoms with E-state index in [1.165, 1.54) is 24.3 Å². The van der Waals surface area contributed by atoms with Crippen LogP contribution >= 0.6 is 22.2 Å². The quantitative estimate of drug-likeness (QED) is 0.231. The predicted octanol–water partition coefficient (Wildman–Crippen LogP) is 7.27. The molecule has 0 aliphatic carbocycles. The van der Waals surface area contributed by atoms with E-state index in [9.17, 15) is 26.3 Å². The summed E-state index contributed by atoms with van der Waals surface area (Å²) in [5.74, 6) is 3.20. The molecule has 35 heavy (non-hydrogen) atoms. The summed E-state index contributed by atoms with van der Waals surface area (Å²) in [6, 6.07) is 9.16. The summed E-state index contributed by atoms with van der Waals surface area (Å²) in [6.07, 6.45) is -1.10. The summed E-state index contributed by atoms with van der Waals surface area (Å²) in [5, 5.41) is 0. The lowest BCUT2D eigenvalue weighted by Crippen LogP contribution is -2.05. The molecule has 1 unspecified atom stereocenters. The van der Waals surface area contributed by atoms with E-state index in [4.69, 9.17) is 18.9 Å². The zero-order chi connectivity index (χ0) is 25.8. The first-order valence-electron chi connectivity index (χ1n) is 10.4. The fourth-order valence-corrected chi connectivity index (χ4v) is 4.66. The second-order valence-corrected chi connectivity index (χ2v) is 10.4. The van der Waals surface area contributed by atoms with Crippen molar-refractivity contribution in [3.8, 4) is 0 Å². The van der Waals surface area contributed by atoms with Crippen molar-refractivity contribution in [2.24, 2.45) is 0 Å². The van der Waals surface area contributed by atoms with Crippen molar-refractivity contribution >= 4 is 28.1 Å². The van der Waals surface area contributed by atoms with Crippen molar-refractivity contribution in [2.75, 3.05) is 26.4 Å². The minimum absolute atomic E-state index is 0.129. The van der Waals surface area contributed by atoms with Gasteiger partial charge in [-0.2, -0.15) is 26.3 Å². The molecule has 2 heterocycles. The maximum Gasteiger partial charge on any atom is 0.446 e. The fraction of sp³-hybridized carbons (Fsp3) is 0.435.